The highest BCUT2D eigenvalue weighted by molar-refractivity contribution is 8.27. The zero-order valence-corrected chi connectivity index (χ0v) is 17.3. The number of amides is 1. The average Bonchev–Trinajstić information content (AvgIpc) is 3.32. The number of furan rings is 1. The number of non-ortho nitro benzene ring substituents is 1. The van der Waals surface area contributed by atoms with Crippen LogP contribution in [0.15, 0.2) is 50.4 Å². The second kappa shape index (κ2) is 7.54. The van der Waals surface area contributed by atoms with E-state index in [0.29, 0.717) is 22.3 Å². The highest BCUT2D eigenvalue weighted by Gasteiger charge is 2.36. The summed E-state index contributed by atoms with van der Waals surface area (Å²) in [5.74, 6) is 0.200. The molecule has 0 radical (unpaired) electrons. The lowest BCUT2D eigenvalue weighted by atomic mass is 10.1. The van der Waals surface area contributed by atoms with Crippen LogP contribution < -0.4 is 0 Å². The minimum absolute atomic E-state index is 0.0452. The molecule has 0 atom stereocenters. The van der Waals surface area contributed by atoms with Gasteiger partial charge in [-0.05, 0) is 36.0 Å². The fourth-order valence-electron chi connectivity index (χ4n) is 2.78. The number of carbonyl (C=O) groups is 1. The number of hydrogen-bond acceptors (Lipinski definition) is 7. The quantitative estimate of drug-likeness (QED) is 0.411. The molecule has 2 aliphatic heterocycles. The van der Waals surface area contributed by atoms with Crippen LogP contribution in [0.3, 0.4) is 0 Å². The average molecular weight is 444 g/mol. The Morgan fingerprint density at radius 2 is 2.10 bits per heavy atom. The zero-order chi connectivity index (χ0) is 21.6. The number of nitro groups is 1. The molecule has 0 fully saturated rings. The van der Waals surface area contributed by atoms with Gasteiger partial charge in [0, 0.05) is 23.6 Å². The topological polar surface area (TPSA) is 125 Å². The van der Waals surface area contributed by atoms with Crippen molar-refractivity contribution < 1.29 is 14.1 Å². The standard InChI is InChI=1S/C19H14ClN5O4S/c1-9(2)18-23-24-16(21)13(17(26)22-19(24)30-18)8-11-4-6-15(29-11)12-5-3-10(25(27)28)7-14(12)20/h3-9,21H,1-2H3/b13-8-,21-16?. The lowest BCUT2D eigenvalue weighted by Gasteiger charge is -2.19. The van der Waals surface area contributed by atoms with Crippen molar-refractivity contribution in [1.29, 1.82) is 5.41 Å². The first-order chi connectivity index (χ1) is 14.2. The van der Waals surface area contributed by atoms with Gasteiger partial charge in [-0.1, -0.05) is 25.4 Å². The van der Waals surface area contributed by atoms with E-state index in [4.69, 9.17) is 21.4 Å². The van der Waals surface area contributed by atoms with Gasteiger partial charge in [0.2, 0.25) is 5.17 Å². The van der Waals surface area contributed by atoms with Crippen LogP contribution in [0, 0.1) is 21.4 Å². The molecule has 1 aromatic heterocycles. The Kier molecular flexibility index (Phi) is 5.04. The molecule has 3 heterocycles. The van der Waals surface area contributed by atoms with Crippen LogP contribution >= 0.6 is 23.4 Å². The fourth-order valence-corrected chi connectivity index (χ4v) is 3.94. The normalized spacial score (nSPS) is 17.5. The van der Waals surface area contributed by atoms with Crippen molar-refractivity contribution in [3.63, 3.8) is 0 Å². The molecule has 9 nitrogen and oxygen atoms in total. The summed E-state index contributed by atoms with van der Waals surface area (Å²) in [6.07, 6.45) is 1.42. The Bertz CT molecular complexity index is 1200. The minimum atomic E-state index is -0.551. The number of nitro benzene ring substituents is 1. The molecule has 0 bridgehead atoms. The van der Waals surface area contributed by atoms with Crippen LogP contribution in [0.25, 0.3) is 17.4 Å². The number of nitrogens with zero attached hydrogens (tertiary/aromatic N) is 4. The third-order valence-electron chi connectivity index (χ3n) is 4.31. The summed E-state index contributed by atoms with van der Waals surface area (Å²) >= 11 is 7.42. The molecule has 2 aliphatic rings. The lowest BCUT2D eigenvalue weighted by molar-refractivity contribution is -0.384. The summed E-state index contributed by atoms with van der Waals surface area (Å²) in [4.78, 5) is 26.8. The smallest absolute Gasteiger partial charge is 0.283 e. The number of rotatable bonds is 4. The van der Waals surface area contributed by atoms with E-state index in [-0.39, 0.29) is 28.0 Å². The highest BCUT2D eigenvalue weighted by atomic mass is 35.5. The second-order valence-corrected chi connectivity index (χ2v) is 8.13. The molecule has 0 spiro atoms. The predicted octanol–water partition coefficient (Wildman–Crippen LogP) is 4.78. The number of fused-ring (bicyclic) bond motifs is 1. The van der Waals surface area contributed by atoms with Crippen molar-refractivity contribution in [2.24, 2.45) is 16.0 Å². The lowest BCUT2D eigenvalue weighted by Crippen LogP contribution is -2.35. The molecule has 30 heavy (non-hydrogen) atoms. The number of halogens is 1. The molecular formula is C19H14ClN5O4S. The number of benzene rings is 1. The van der Waals surface area contributed by atoms with E-state index in [9.17, 15) is 14.9 Å². The first-order valence-corrected chi connectivity index (χ1v) is 9.98. The highest BCUT2D eigenvalue weighted by Crippen LogP contribution is 2.34. The molecule has 1 amide bonds. The van der Waals surface area contributed by atoms with Crippen LogP contribution in [-0.4, -0.2) is 31.9 Å². The van der Waals surface area contributed by atoms with Crippen LogP contribution in [0.1, 0.15) is 19.6 Å². The van der Waals surface area contributed by atoms with Crippen molar-refractivity contribution in [3.05, 3.63) is 56.8 Å². The number of thioether (sulfide) groups is 1. The van der Waals surface area contributed by atoms with Crippen molar-refractivity contribution in [2.45, 2.75) is 13.8 Å². The molecule has 1 N–H and O–H groups in total. The summed E-state index contributed by atoms with van der Waals surface area (Å²) in [6, 6.07) is 7.30. The van der Waals surface area contributed by atoms with Gasteiger partial charge in [-0.25, -0.2) is 0 Å². The SMILES string of the molecule is CC(C)C1=NN2C(=N)/C(=C/c3ccc(-c4ccc([N+](=O)[O-])cc4Cl)o3)C(=O)N=C2S1. The third-order valence-corrected chi connectivity index (χ3v) is 5.83. The summed E-state index contributed by atoms with van der Waals surface area (Å²) in [5.41, 5.74) is 0.389. The van der Waals surface area contributed by atoms with Gasteiger partial charge in [-0.3, -0.25) is 20.3 Å². The van der Waals surface area contributed by atoms with Gasteiger partial charge in [-0.2, -0.15) is 15.1 Å². The first kappa shape index (κ1) is 20.0. The molecule has 152 valence electrons. The Balaban J connectivity index is 1.64. The molecule has 0 aliphatic carbocycles. The number of hydrogen-bond donors (Lipinski definition) is 1. The molecule has 2 aromatic rings. The molecule has 0 saturated heterocycles. The molecule has 0 unspecified atom stereocenters. The van der Waals surface area contributed by atoms with Gasteiger partial charge in [-0.15, -0.1) is 0 Å². The van der Waals surface area contributed by atoms with E-state index in [1.165, 1.54) is 41.0 Å². The number of hydrazone groups is 1. The number of amidine groups is 2. The maximum Gasteiger partial charge on any atom is 0.283 e. The van der Waals surface area contributed by atoms with Crippen LogP contribution in [0.5, 0.6) is 0 Å². The third kappa shape index (κ3) is 3.55. The van der Waals surface area contributed by atoms with Crippen LogP contribution in [0.2, 0.25) is 5.02 Å². The largest absolute Gasteiger partial charge is 0.457 e. The molecule has 11 heteroatoms. The van der Waals surface area contributed by atoms with Gasteiger partial charge in [0.05, 0.1) is 15.5 Å². The van der Waals surface area contributed by atoms with E-state index < -0.39 is 10.8 Å². The van der Waals surface area contributed by atoms with E-state index >= 15 is 0 Å². The number of carbonyl (C=O) groups excluding carboxylic acids is 1. The Hall–Kier alpha value is -3.24. The molecular weight excluding hydrogens is 430 g/mol. The number of aliphatic imine (C=N–C) groups is 1. The monoisotopic (exact) mass is 443 g/mol. The van der Waals surface area contributed by atoms with Crippen molar-refractivity contribution in [2.75, 3.05) is 0 Å². The van der Waals surface area contributed by atoms with Crippen LogP contribution in [-0.2, 0) is 4.79 Å². The van der Waals surface area contributed by atoms with Gasteiger partial charge in [0.15, 0.2) is 5.84 Å². The predicted molar refractivity (Wildman–Crippen MR) is 116 cm³/mol. The Morgan fingerprint density at radius 1 is 1.33 bits per heavy atom. The van der Waals surface area contributed by atoms with E-state index in [1.54, 1.807) is 12.1 Å². The van der Waals surface area contributed by atoms with E-state index in [2.05, 4.69) is 10.1 Å². The van der Waals surface area contributed by atoms with Crippen molar-refractivity contribution >= 4 is 57.1 Å². The van der Waals surface area contributed by atoms with Gasteiger partial charge >= 0.3 is 0 Å². The van der Waals surface area contributed by atoms with Gasteiger partial charge in [0.1, 0.15) is 16.6 Å². The summed E-state index contributed by atoms with van der Waals surface area (Å²) in [6.45, 7) is 3.95. The number of nitrogens with one attached hydrogen (secondary N) is 1. The summed E-state index contributed by atoms with van der Waals surface area (Å²) in [5, 5.41) is 26.2. The molecule has 4 rings (SSSR count). The minimum Gasteiger partial charge on any atom is -0.457 e. The first-order valence-electron chi connectivity index (χ1n) is 8.79. The van der Waals surface area contributed by atoms with Crippen LogP contribution in [0.4, 0.5) is 5.69 Å². The molecule has 0 saturated carbocycles. The van der Waals surface area contributed by atoms with Crippen molar-refractivity contribution in [1.82, 2.24) is 5.01 Å². The Labute approximate surface area is 179 Å². The zero-order valence-electron chi connectivity index (χ0n) is 15.7. The van der Waals surface area contributed by atoms with Crippen molar-refractivity contribution in [3.8, 4) is 11.3 Å². The molecule has 1 aromatic carbocycles. The second-order valence-electron chi connectivity index (χ2n) is 6.74. The van der Waals surface area contributed by atoms with E-state index in [1.807, 2.05) is 13.8 Å². The summed E-state index contributed by atoms with van der Waals surface area (Å²) < 4.78 is 5.73. The van der Waals surface area contributed by atoms with Gasteiger partial charge < -0.3 is 4.42 Å². The van der Waals surface area contributed by atoms with Gasteiger partial charge in [0.25, 0.3) is 11.6 Å². The summed E-state index contributed by atoms with van der Waals surface area (Å²) in [7, 11) is 0. The fraction of sp³-hybridized carbons (Fsp3) is 0.158. The van der Waals surface area contributed by atoms with E-state index in [0.717, 1.165) is 5.04 Å². The Morgan fingerprint density at radius 3 is 2.77 bits per heavy atom. The maximum absolute atomic E-state index is 12.4. The maximum atomic E-state index is 12.4.